The van der Waals surface area contributed by atoms with E-state index in [4.69, 9.17) is 10.00 Å². The van der Waals surface area contributed by atoms with Crippen LogP contribution in [0.5, 0.6) is 11.6 Å². The van der Waals surface area contributed by atoms with E-state index in [0.717, 1.165) is 26.6 Å². The van der Waals surface area contributed by atoms with E-state index in [1.165, 1.54) is 0 Å². The Labute approximate surface area is 170 Å². The van der Waals surface area contributed by atoms with Crippen molar-refractivity contribution in [3.8, 4) is 17.7 Å². The lowest BCUT2D eigenvalue weighted by Gasteiger charge is -2.10. The number of hydrogen-bond acceptors (Lipinski definition) is 5. The first-order valence-electron chi connectivity index (χ1n) is 8.59. The highest BCUT2D eigenvalue weighted by Crippen LogP contribution is 2.27. The molecule has 4 aromatic rings. The van der Waals surface area contributed by atoms with Gasteiger partial charge in [-0.1, -0.05) is 28.1 Å². The van der Waals surface area contributed by atoms with E-state index in [9.17, 15) is 0 Å². The maximum atomic E-state index is 8.90. The summed E-state index contributed by atoms with van der Waals surface area (Å²) in [7, 11) is 0. The Morgan fingerprint density at radius 1 is 0.929 bits per heavy atom. The van der Waals surface area contributed by atoms with E-state index in [1.807, 2.05) is 49.4 Å². The van der Waals surface area contributed by atoms with Crippen molar-refractivity contribution < 1.29 is 4.74 Å². The minimum Gasteiger partial charge on any atom is -0.439 e. The minimum absolute atomic E-state index is 0.435. The molecule has 1 heterocycles. The second-order valence-corrected chi connectivity index (χ2v) is 7.16. The summed E-state index contributed by atoms with van der Waals surface area (Å²) in [6.45, 7) is 1.89. The number of nitrogens with zero attached hydrogens (tertiary/aromatic N) is 3. The molecule has 0 saturated heterocycles. The van der Waals surface area contributed by atoms with E-state index >= 15 is 0 Å². The van der Waals surface area contributed by atoms with Gasteiger partial charge in [-0.25, -0.2) is 4.98 Å². The third-order valence-corrected chi connectivity index (χ3v) is 4.59. The van der Waals surface area contributed by atoms with Crippen molar-refractivity contribution in [3.63, 3.8) is 0 Å². The Hall–Kier alpha value is -3.43. The first-order chi connectivity index (χ1) is 13.6. The molecule has 0 unspecified atom stereocenters. The largest absolute Gasteiger partial charge is 0.439 e. The Morgan fingerprint density at radius 3 is 2.46 bits per heavy atom. The molecule has 28 heavy (non-hydrogen) atoms. The van der Waals surface area contributed by atoms with Crippen LogP contribution in [0.25, 0.3) is 10.8 Å². The lowest BCUT2D eigenvalue weighted by molar-refractivity contribution is 0.462. The zero-order chi connectivity index (χ0) is 19.5. The molecule has 0 spiro atoms. The van der Waals surface area contributed by atoms with Gasteiger partial charge in [0.2, 0.25) is 11.8 Å². The highest BCUT2D eigenvalue weighted by molar-refractivity contribution is 9.10. The minimum atomic E-state index is 0.435. The number of anilines is 2. The molecule has 0 aliphatic heterocycles. The molecule has 0 aliphatic carbocycles. The zero-order valence-electron chi connectivity index (χ0n) is 15.0. The van der Waals surface area contributed by atoms with Gasteiger partial charge in [-0.2, -0.15) is 10.2 Å². The van der Waals surface area contributed by atoms with Crippen LogP contribution in [-0.4, -0.2) is 9.97 Å². The summed E-state index contributed by atoms with van der Waals surface area (Å²) in [4.78, 5) is 8.84. The van der Waals surface area contributed by atoms with Crippen molar-refractivity contribution >= 4 is 38.3 Å². The summed E-state index contributed by atoms with van der Waals surface area (Å²) in [5, 5.41) is 14.3. The van der Waals surface area contributed by atoms with Crippen LogP contribution in [0.15, 0.2) is 71.2 Å². The molecular weight excluding hydrogens is 416 g/mol. The van der Waals surface area contributed by atoms with Crippen molar-refractivity contribution in [2.45, 2.75) is 6.92 Å². The fraction of sp³-hybridized carbons (Fsp3) is 0.0455. The third kappa shape index (κ3) is 4.11. The Kier molecular flexibility index (Phi) is 4.92. The van der Waals surface area contributed by atoms with Crippen LogP contribution < -0.4 is 10.1 Å². The van der Waals surface area contributed by atoms with Crippen LogP contribution in [0.1, 0.15) is 11.3 Å². The average molecular weight is 431 g/mol. The summed E-state index contributed by atoms with van der Waals surface area (Å²) in [6, 6.07) is 23.0. The Bertz CT molecular complexity index is 1200. The summed E-state index contributed by atoms with van der Waals surface area (Å²) in [5.74, 6) is 1.60. The van der Waals surface area contributed by atoms with Gasteiger partial charge in [0.05, 0.1) is 11.6 Å². The summed E-state index contributed by atoms with van der Waals surface area (Å²) < 4.78 is 7.01. The van der Waals surface area contributed by atoms with Crippen LogP contribution in [0, 0.1) is 18.3 Å². The zero-order valence-corrected chi connectivity index (χ0v) is 16.6. The number of rotatable bonds is 4. The van der Waals surface area contributed by atoms with E-state index in [0.29, 0.717) is 23.1 Å². The molecule has 5 nitrogen and oxygen atoms in total. The molecule has 0 amide bonds. The van der Waals surface area contributed by atoms with Crippen LogP contribution in [0.4, 0.5) is 11.6 Å². The molecule has 4 rings (SSSR count). The number of aryl methyl sites for hydroxylation is 1. The fourth-order valence-electron chi connectivity index (χ4n) is 2.78. The van der Waals surface area contributed by atoms with Crippen LogP contribution in [0.2, 0.25) is 0 Å². The molecule has 1 aromatic heterocycles. The first-order valence-corrected chi connectivity index (χ1v) is 9.38. The fourth-order valence-corrected chi connectivity index (χ4v) is 3.16. The Morgan fingerprint density at radius 2 is 1.68 bits per heavy atom. The van der Waals surface area contributed by atoms with Gasteiger partial charge in [0.15, 0.2) is 0 Å². The second-order valence-electron chi connectivity index (χ2n) is 6.24. The molecule has 0 bridgehead atoms. The van der Waals surface area contributed by atoms with E-state index in [2.05, 4.69) is 43.4 Å². The van der Waals surface area contributed by atoms with Crippen molar-refractivity contribution in [2.24, 2.45) is 0 Å². The van der Waals surface area contributed by atoms with Crippen molar-refractivity contribution in [2.75, 3.05) is 5.32 Å². The lowest BCUT2D eigenvalue weighted by atomic mass is 10.1. The van der Waals surface area contributed by atoms with E-state index in [-0.39, 0.29) is 0 Å². The normalized spacial score (nSPS) is 10.5. The van der Waals surface area contributed by atoms with Crippen molar-refractivity contribution in [3.05, 3.63) is 82.5 Å². The lowest BCUT2D eigenvalue weighted by Crippen LogP contribution is -2.00. The van der Waals surface area contributed by atoms with E-state index in [1.54, 1.807) is 18.2 Å². The highest BCUT2D eigenvalue weighted by Gasteiger charge is 2.06. The quantitative estimate of drug-likeness (QED) is 0.422. The molecule has 1 N–H and O–H groups in total. The number of nitrogens with one attached hydrogen (secondary N) is 1. The first kappa shape index (κ1) is 18.0. The predicted octanol–water partition coefficient (Wildman–Crippen LogP) is 6.11. The van der Waals surface area contributed by atoms with Gasteiger partial charge in [0.1, 0.15) is 5.75 Å². The van der Waals surface area contributed by atoms with Gasteiger partial charge in [-0.15, -0.1) is 0 Å². The maximum Gasteiger partial charge on any atom is 0.230 e. The smallest absolute Gasteiger partial charge is 0.230 e. The molecule has 0 aliphatic rings. The standard InChI is InChI=1S/C22H15BrN4O/c1-14-10-21(27-22(25-14)26-19-7-2-15(13-24)3-8-19)28-20-9-5-16-11-18(23)6-4-17(16)12-20/h2-12H,1H3,(H,25,26,27). The van der Waals surface area contributed by atoms with E-state index < -0.39 is 0 Å². The SMILES string of the molecule is Cc1cc(Oc2ccc3cc(Br)ccc3c2)nc(Nc2ccc(C#N)cc2)n1. The number of halogens is 1. The highest BCUT2D eigenvalue weighted by atomic mass is 79.9. The number of hydrogen-bond donors (Lipinski definition) is 1. The molecule has 3 aromatic carbocycles. The van der Waals surface area contributed by atoms with Gasteiger partial charge in [-0.05, 0) is 66.2 Å². The number of ether oxygens (including phenoxy) is 1. The summed E-state index contributed by atoms with van der Waals surface area (Å²) >= 11 is 3.48. The molecule has 0 saturated carbocycles. The van der Waals surface area contributed by atoms with Gasteiger partial charge in [0, 0.05) is 21.9 Å². The second kappa shape index (κ2) is 7.67. The maximum absolute atomic E-state index is 8.90. The molecule has 0 radical (unpaired) electrons. The van der Waals surface area contributed by atoms with Crippen molar-refractivity contribution in [1.82, 2.24) is 9.97 Å². The van der Waals surface area contributed by atoms with Crippen molar-refractivity contribution in [1.29, 1.82) is 5.26 Å². The van der Waals surface area contributed by atoms with Crippen LogP contribution in [0.3, 0.4) is 0 Å². The van der Waals surface area contributed by atoms with Crippen LogP contribution in [-0.2, 0) is 0 Å². The average Bonchev–Trinajstić information content (AvgIpc) is 2.68. The molecule has 136 valence electrons. The number of aromatic nitrogens is 2. The monoisotopic (exact) mass is 430 g/mol. The number of nitriles is 1. The van der Waals surface area contributed by atoms with Crippen LogP contribution >= 0.6 is 15.9 Å². The molecule has 0 atom stereocenters. The van der Waals surface area contributed by atoms with Gasteiger partial charge in [0.25, 0.3) is 0 Å². The summed E-state index contributed by atoms with van der Waals surface area (Å²) in [6.07, 6.45) is 0. The molecular formula is C22H15BrN4O. The van der Waals surface area contributed by atoms with Gasteiger partial charge in [-0.3, -0.25) is 0 Å². The van der Waals surface area contributed by atoms with Gasteiger partial charge < -0.3 is 10.1 Å². The number of benzene rings is 3. The van der Waals surface area contributed by atoms with Gasteiger partial charge >= 0.3 is 0 Å². The molecule has 6 heteroatoms. The Balaban J connectivity index is 1.58. The summed E-state index contributed by atoms with van der Waals surface area (Å²) in [5.41, 5.74) is 2.18. The predicted molar refractivity (Wildman–Crippen MR) is 113 cm³/mol. The third-order valence-electron chi connectivity index (χ3n) is 4.10. The topological polar surface area (TPSA) is 70.8 Å². The molecule has 0 fully saturated rings. The number of fused-ring (bicyclic) bond motifs is 1.